The Morgan fingerprint density at radius 1 is 1.21 bits per heavy atom. The molecule has 1 aliphatic rings. The van der Waals surface area contributed by atoms with Crippen LogP contribution in [0.1, 0.15) is 31.7 Å². The highest BCUT2D eigenvalue weighted by Gasteiger charge is 2.33. The van der Waals surface area contributed by atoms with Crippen molar-refractivity contribution in [3.63, 3.8) is 0 Å². The molecular weight excluding hydrogens is 442 g/mol. The van der Waals surface area contributed by atoms with Crippen molar-refractivity contribution in [3.8, 4) is 0 Å². The molecule has 1 aromatic rings. The molecule has 0 spiro atoms. The number of benzene rings is 1. The molecule has 188 valence electrons. The topological polar surface area (TPSA) is 193 Å². The number of hydrogen-bond acceptors (Lipinski definition) is 6. The van der Waals surface area contributed by atoms with E-state index in [1.807, 2.05) is 30.3 Å². The molecule has 1 fully saturated rings. The predicted molar refractivity (Wildman–Crippen MR) is 126 cm³/mol. The van der Waals surface area contributed by atoms with E-state index in [1.54, 1.807) is 0 Å². The summed E-state index contributed by atoms with van der Waals surface area (Å²) >= 11 is 0. The van der Waals surface area contributed by atoms with Gasteiger partial charge in [0, 0.05) is 13.1 Å². The predicted octanol–water partition coefficient (Wildman–Crippen LogP) is -1.42. The maximum Gasteiger partial charge on any atom is 0.315 e. The molecule has 1 saturated heterocycles. The van der Waals surface area contributed by atoms with Crippen LogP contribution < -0.4 is 27.0 Å². The second-order valence-electron chi connectivity index (χ2n) is 8.20. The summed E-state index contributed by atoms with van der Waals surface area (Å²) in [5.74, 6) is -1.56. The second-order valence-corrected chi connectivity index (χ2v) is 8.20. The number of carbonyl (C=O) groups excluding carboxylic acids is 3. The van der Waals surface area contributed by atoms with Gasteiger partial charge in [-0.15, -0.1) is 0 Å². The van der Waals surface area contributed by atoms with Gasteiger partial charge >= 0.3 is 6.03 Å². The van der Waals surface area contributed by atoms with Crippen molar-refractivity contribution < 1.29 is 24.6 Å². The fraction of sp³-hybridized carbons (Fsp3) is 0.545. The molecule has 1 aromatic carbocycles. The van der Waals surface area contributed by atoms with Crippen LogP contribution in [0.3, 0.4) is 0 Å². The highest BCUT2D eigenvalue weighted by atomic mass is 16.3. The minimum Gasteiger partial charge on any atom is -0.394 e. The van der Waals surface area contributed by atoms with Gasteiger partial charge in [-0.3, -0.25) is 15.0 Å². The highest BCUT2D eigenvalue weighted by Crippen LogP contribution is 2.15. The van der Waals surface area contributed by atoms with E-state index in [1.165, 1.54) is 11.8 Å². The van der Waals surface area contributed by atoms with E-state index in [4.69, 9.17) is 11.1 Å². The van der Waals surface area contributed by atoms with Gasteiger partial charge in [-0.05, 0) is 38.2 Å². The second kappa shape index (κ2) is 13.4. The summed E-state index contributed by atoms with van der Waals surface area (Å²) in [6.07, 6.45) is 1.47. The van der Waals surface area contributed by atoms with E-state index < -0.39 is 48.8 Å². The molecule has 4 amide bonds. The first-order chi connectivity index (χ1) is 16.2. The van der Waals surface area contributed by atoms with E-state index in [0.29, 0.717) is 32.4 Å². The van der Waals surface area contributed by atoms with E-state index in [9.17, 15) is 24.6 Å². The van der Waals surface area contributed by atoms with Gasteiger partial charge in [-0.1, -0.05) is 30.3 Å². The van der Waals surface area contributed by atoms with Gasteiger partial charge in [0.15, 0.2) is 5.96 Å². The van der Waals surface area contributed by atoms with Crippen LogP contribution in [0.5, 0.6) is 0 Å². The molecule has 12 heteroatoms. The number of hydrogen-bond donors (Lipinski definition) is 8. The number of aryl methyl sites for hydroxylation is 1. The summed E-state index contributed by atoms with van der Waals surface area (Å²) < 4.78 is 0. The average Bonchev–Trinajstić information content (AvgIpc) is 2.81. The van der Waals surface area contributed by atoms with Crippen molar-refractivity contribution in [2.45, 2.75) is 57.0 Å². The zero-order chi connectivity index (χ0) is 25.1. The molecule has 0 aromatic heterocycles. The van der Waals surface area contributed by atoms with E-state index >= 15 is 0 Å². The molecule has 0 saturated carbocycles. The van der Waals surface area contributed by atoms with Crippen molar-refractivity contribution in [2.24, 2.45) is 5.73 Å². The fourth-order valence-electron chi connectivity index (χ4n) is 3.62. The first kappa shape index (κ1) is 26.9. The van der Waals surface area contributed by atoms with Crippen molar-refractivity contribution in [1.82, 2.24) is 26.2 Å². The van der Waals surface area contributed by atoms with Crippen molar-refractivity contribution in [2.75, 3.05) is 19.7 Å². The Morgan fingerprint density at radius 2 is 1.91 bits per heavy atom. The van der Waals surface area contributed by atoms with Crippen LogP contribution in [-0.2, 0) is 16.0 Å². The van der Waals surface area contributed by atoms with E-state index in [0.717, 1.165) is 12.0 Å². The number of urea groups is 1. The van der Waals surface area contributed by atoms with Gasteiger partial charge in [0.1, 0.15) is 18.3 Å². The lowest BCUT2D eigenvalue weighted by Crippen LogP contribution is -2.61. The summed E-state index contributed by atoms with van der Waals surface area (Å²) in [7, 11) is 0. The van der Waals surface area contributed by atoms with E-state index in [2.05, 4.69) is 21.3 Å². The molecule has 1 aliphatic heterocycles. The maximum atomic E-state index is 12.5. The third kappa shape index (κ3) is 8.19. The zero-order valence-electron chi connectivity index (χ0n) is 19.3. The normalized spacial score (nSPS) is 19.4. The fourth-order valence-corrected chi connectivity index (χ4v) is 3.62. The Bertz CT molecular complexity index is 838. The molecule has 0 aliphatic carbocycles. The van der Waals surface area contributed by atoms with Crippen molar-refractivity contribution >= 4 is 23.8 Å². The minimum absolute atomic E-state index is 0.289. The number of aliphatic hydroxyl groups is 2. The number of likely N-dealkylation sites (tertiary alicyclic amines) is 1. The van der Waals surface area contributed by atoms with Gasteiger partial charge in [0.25, 0.3) is 0 Å². The van der Waals surface area contributed by atoms with Crippen LogP contribution >= 0.6 is 0 Å². The standard InChI is InChI=1S/C22H35N7O5/c1-14(18(31)27-16-10-6-12-29(20(16)33)21(23)24)26-19(32)17(13-30)28-22(34)25-11-5-9-15-7-3-2-4-8-15/h2-4,7-8,14,16-17,20,30,33H,5-6,9-13H2,1H3,(H3,23,24)(H,26,32)(H,27,31)(H2,25,28,34)/t14-,16-,17+,20?/m0/s1. The molecule has 4 atom stereocenters. The first-order valence-corrected chi connectivity index (χ1v) is 11.3. The molecule has 34 heavy (non-hydrogen) atoms. The highest BCUT2D eigenvalue weighted by molar-refractivity contribution is 5.91. The van der Waals surface area contributed by atoms with Crippen LogP contribution in [0.2, 0.25) is 0 Å². The third-order valence-electron chi connectivity index (χ3n) is 5.56. The van der Waals surface area contributed by atoms with Crippen LogP contribution in [-0.4, -0.2) is 83.0 Å². The Hall–Kier alpha value is -3.38. The Labute approximate surface area is 198 Å². The van der Waals surface area contributed by atoms with Gasteiger partial charge in [-0.2, -0.15) is 0 Å². The summed E-state index contributed by atoms with van der Waals surface area (Å²) in [4.78, 5) is 38.3. The maximum absolute atomic E-state index is 12.5. The number of rotatable bonds is 10. The number of nitrogens with zero attached hydrogens (tertiary/aromatic N) is 1. The lowest BCUT2D eigenvalue weighted by molar-refractivity contribution is -0.131. The number of amides is 4. The summed E-state index contributed by atoms with van der Waals surface area (Å²) in [6.45, 7) is 1.60. The Kier molecular flexibility index (Phi) is 10.6. The van der Waals surface area contributed by atoms with Crippen LogP contribution in [0.4, 0.5) is 4.79 Å². The van der Waals surface area contributed by atoms with Crippen LogP contribution in [0.25, 0.3) is 0 Å². The SMILES string of the molecule is C[C@H](NC(=O)[C@@H](CO)NC(=O)NCCCc1ccccc1)C(=O)N[C@H]1CCCN(C(=N)N)C1O. The van der Waals surface area contributed by atoms with Gasteiger partial charge in [0.2, 0.25) is 11.8 Å². The molecule has 1 heterocycles. The number of piperidine rings is 1. The molecular formula is C22H35N7O5. The summed E-state index contributed by atoms with van der Waals surface area (Å²) in [5.41, 5.74) is 6.60. The zero-order valence-corrected chi connectivity index (χ0v) is 19.3. The van der Waals surface area contributed by atoms with Gasteiger partial charge in [0.05, 0.1) is 12.6 Å². The average molecular weight is 478 g/mol. The molecule has 0 bridgehead atoms. The number of nitrogens with one attached hydrogen (secondary N) is 5. The smallest absolute Gasteiger partial charge is 0.315 e. The lowest BCUT2D eigenvalue weighted by atomic mass is 10.0. The first-order valence-electron chi connectivity index (χ1n) is 11.3. The Balaban J connectivity index is 1.75. The number of carbonyl (C=O) groups is 3. The summed E-state index contributed by atoms with van der Waals surface area (Å²) in [5, 5.41) is 37.4. The molecule has 2 rings (SSSR count). The van der Waals surface area contributed by atoms with Crippen LogP contribution in [0.15, 0.2) is 30.3 Å². The number of nitrogens with two attached hydrogens (primary N) is 1. The Morgan fingerprint density at radius 3 is 2.56 bits per heavy atom. The van der Waals surface area contributed by atoms with Crippen LogP contribution in [0, 0.1) is 5.41 Å². The summed E-state index contributed by atoms with van der Waals surface area (Å²) in [6, 6.07) is 6.33. The number of aliphatic hydroxyl groups excluding tert-OH is 2. The molecule has 9 N–H and O–H groups in total. The van der Waals surface area contributed by atoms with Gasteiger partial charge in [-0.25, -0.2) is 4.79 Å². The minimum atomic E-state index is -1.24. The quantitative estimate of drug-likeness (QED) is 0.115. The van der Waals surface area contributed by atoms with E-state index in [-0.39, 0.29) is 5.96 Å². The monoisotopic (exact) mass is 477 g/mol. The lowest BCUT2D eigenvalue weighted by Gasteiger charge is -2.38. The largest absolute Gasteiger partial charge is 0.394 e. The molecule has 0 radical (unpaired) electrons. The number of guanidine groups is 1. The molecule has 1 unspecified atom stereocenters. The third-order valence-corrected chi connectivity index (χ3v) is 5.56. The molecule has 12 nitrogen and oxygen atoms in total. The van der Waals surface area contributed by atoms with Gasteiger partial charge < -0.3 is 42.1 Å². The van der Waals surface area contributed by atoms with Crippen molar-refractivity contribution in [1.29, 1.82) is 5.41 Å². The van der Waals surface area contributed by atoms with Crippen molar-refractivity contribution in [3.05, 3.63) is 35.9 Å².